The average molecular weight is 301 g/mol. The van der Waals surface area contributed by atoms with Crippen molar-refractivity contribution in [3.8, 4) is 0 Å². The summed E-state index contributed by atoms with van der Waals surface area (Å²) in [5.41, 5.74) is 1.54. The molecule has 0 fully saturated rings. The van der Waals surface area contributed by atoms with Gasteiger partial charge in [0.05, 0.1) is 11.9 Å². The molecule has 0 saturated heterocycles. The minimum Gasteiger partial charge on any atom is -0.481 e. The monoisotopic (exact) mass is 300 g/mol. The van der Waals surface area contributed by atoms with E-state index in [9.17, 15) is 9.59 Å². The molecule has 0 aliphatic rings. The van der Waals surface area contributed by atoms with Crippen LogP contribution in [0.3, 0.4) is 0 Å². The number of anilines is 1. The molecule has 0 radical (unpaired) electrons. The largest absolute Gasteiger partial charge is 0.481 e. The number of halogens is 1. The van der Waals surface area contributed by atoms with Crippen molar-refractivity contribution in [2.24, 2.45) is 0 Å². The third kappa shape index (κ3) is 4.95. The molecule has 1 aromatic rings. The molecule has 0 bridgehead atoms. The van der Waals surface area contributed by atoms with Crippen molar-refractivity contribution < 1.29 is 14.7 Å². The zero-order valence-corrected chi connectivity index (χ0v) is 11.0. The van der Waals surface area contributed by atoms with Crippen LogP contribution in [0.5, 0.6) is 0 Å². The fourth-order valence-corrected chi connectivity index (χ4v) is 1.47. The van der Waals surface area contributed by atoms with Crippen molar-refractivity contribution in [1.29, 1.82) is 0 Å². The van der Waals surface area contributed by atoms with Gasteiger partial charge in [-0.3, -0.25) is 9.59 Å². The Morgan fingerprint density at radius 1 is 1.47 bits per heavy atom. The van der Waals surface area contributed by atoms with E-state index in [0.29, 0.717) is 12.1 Å². The predicted molar refractivity (Wildman–Crippen MR) is 66.8 cm³/mol. The lowest BCUT2D eigenvalue weighted by molar-refractivity contribution is -0.137. The maximum absolute atomic E-state index is 11.4. The summed E-state index contributed by atoms with van der Waals surface area (Å²) in [5.74, 6) is -1.09. The van der Waals surface area contributed by atoms with Crippen molar-refractivity contribution in [2.75, 3.05) is 5.32 Å². The molecule has 0 aliphatic carbocycles. The highest BCUT2D eigenvalue weighted by atomic mass is 79.9. The molecule has 2 N–H and O–H groups in total. The summed E-state index contributed by atoms with van der Waals surface area (Å²) in [6.45, 7) is 1.87. The Kier molecular flexibility index (Phi) is 5.09. The molecule has 0 unspecified atom stereocenters. The first-order valence-electron chi connectivity index (χ1n) is 5.13. The van der Waals surface area contributed by atoms with Crippen molar-refractivity contribution in [2.45, 2.75) is 26.2 Å². The van der Waals surface area contributed by atoms with E-state index in [2.05, 4.69) is 26.2 Å². The van der Waals surface area contributed by atoms with E-state index in [1.54, 1.807) is 12.3 Å². The fourth-order valence-electron chi connectivity index (χ4n) is 1.25. The zero-order valence-electron chi connectivity index (χ0n) is 9.36. The number of carboxylic acid groups (broad SMARTS) is 1. The molecule has 5 nitrogen and oxygen atoms in total. The van der Waals surface area contributed by atoms with E-state index < -0.39 is 5.97 Å². The summed E-state index contributed by atoms with van der Waals surface area (Å²) < 4.78 is 0.737. The normalized spacial score (nSPS) is 10.0. The lowest BCUT2D eigenvalue weighted by Gasteiger charge is -2.05. The van der Waals surface area contributed by atoms with Crippen LogP contribution in [-0.2, 0) is 9.59 Å². The molecule has 6 heteroatoms. The van der Waals surface area contributed by atoms with Gasteiger partial charge in [-0.1, -0.05) is 0 Å². The quantitative estimate of drug-likeness (QED) is 0.818. The molecule has 1 rings (SSSR count). The van der Waals surface area contributed by atoms with Crippen molar-refractivity contribution in [1.82, 2.24) is 4.98 Å². The van der Waals surface area contributed by atoms with Gasteiger partial charge in [0.25, 0.3) is 0 Å². The Morgan fingerprint density at radius 2 is 2.18 bits per heavy atom. The Bertz CT molecular complexity index is 435. The van der Waals surface area contributed by atoms with Gasteiger partial charge in [-0.15, -0.1) is 0 Å². The van der Waals surface area contributed by atoms with Crippen molar-refractivity contribution >= 4 is 33.5 Å². The highest BCUT2D eigenvalue weighted by molar-refractivity contribution is 9.10. The van der Waals surface area contributed by atoms with Crippen LogP contribution in [0, 0.1) is 6.92 Å². The third-order valence-electron chi connectivity index (χ3n) is 2.09. The average Bonchev–Trinajstić information content (AvgIpc) is 2.23. The Labute approximate surface area is 107 Å². The first-order chi connectivity index (χ1) is 7.99. The number of hydrogen-bond acceptors (Lipinski definition) is 3. The SMILES string of the molecule is Cc1cc(NC(=O)CCCC(=O)O)cnc1Br. The molecule has 0 atom stereocenters. The van der Waals surface area contributed by atoms with Gasteiger partial charge in [0.1, 0.15) is 4.60 Å². The zero-order chi connectivity index (χ0) is 12.8. The van der Waals surface area contributed by atoms with Gasteiger partial charge in [-0.25, -0.2) is 4.98 Å². The number of aromatic nitrogens is 1. The minimum absolute atomic E-state index is 0.00500. The molecule has 0 aromatic carbocycles. The molecule has 92 valence electrons. The van der Waals surface area contributed by atoms with Gasteiger partial charge in [0.15, 0.2) is 0 Å². The number of aliphatic carboxylic acids is 1. The summed E-state index contributed by atoms with van der Waals surface area (Å²) in [4.78, 5) is 25.8. The third-order valence-corrected chi connectivity index (χ3v) is 2.92. The number of nitrogens with one attached hydrogen (secondary N) is 1. The van der Waals surface area contributed by atoms with E-state index in [0.717, 1.165) is 10.2 Å². The molecular formula is C11H13BrN2O3. The molecular weight excluding hydrogens is 288 g/mol. The summed E-state index contributed by atoms with van der Waals surface area (Å²) >= 11 is 3.26. The number of carbonyl (C=O) groups is 2. The molecule has 1 heterocycles. The predicted octanol–water partition coefficient (Wildman–Crippen LogP) is 2.35. The second-order valence-electron chi connectivity index (χ2n) is 3.63. The molecule has 1 aromatic heterocycles. The van der Waals surface area contributed by atoms with E-state index in [4.69, 9.17) is 5.11 Å². The van der Waals surface area contributed by atoms with E-state index >= 15 is 0 Å². The fraction of sp³-hybridized carbons (Fsp3) is 0.364. The lowest BCUT2D eigenvalue weighted by Crippen LogP contribution is -2.12. The summed E-state index contributed by atoms with van der Waals surface area (Å²) in [6.07, 6.45) is 2.09. The number of hydrogen-bond donors (Lipinski definition) is 2. The highest BCUT2D eigenvalue weighted by Crippen LogP contribution is 2.16. The van der Waals surface area contributed by atoms with E-state index in [1.165, 1.54) is 0 Å². The number of carbonyl (C=O) groups excluding carboxylic acids is 1. The number of pyridine rings is 1. The standard InChI is InChI=1S/C11H13BrN2O3/c1-7-5-8(6-13-11(7)12)14-9(15)3-2-4-10(16)17/h5-6H,2-4H2,1H3,(H,14,15)(H,16,17). The Hall–Kier alpha value is -1.43. The van der Waals surface area contributed by atoms with E-state index in [-0.39, 0.29) is 18.7 Å². The molecule has 1 amide bonds. The minimum atomic E-state index is -0.890. The number of nitrogens with zero attached hydrogens (tertiary/aromatic N) is 1. The van der Waals surface area contributed by atoms with Crippen molar-refractivity contribution in [3.63, 3.8) is 0 Å². The first kappa shape index (κ1) is 13.6. The van der Waals surface area contributed by atoms with Gasteiger partial charge in [-0.2, -0.15) is 0 Å². The second kappa shape index (κ2) is 6.34. The van der Waals surface area contributed by atoms with Gasteiger partial charge >= 0.3 is 5.97 Å². The smallest absolute Gasteiger partial charge is 0.303 e. The van der Waals surface area contributed by atoms with Crippen LogP contribution in [0.15, 0.2) is 16.9 Å². The summed E-state index contributed by atoms with van der Waals surface area (Å²) in [5, 5.41) is 11.1. The van der Waals surface area contributed by atoms with Gasteiger partial charge < -0.3 is 10.4 Å². The molecule has 0 spiro atoms. The Balaban J connectivity index is 2.45. The van der Waals surface area contributed by atoms with Crippen LogP contribution < -0.4 is 5.32 Å². The maximum Gasteiger partial charge on any atom is 0.303 e. The van der Waals surface area contributed by atoms with Crippen LogP contribution in [-0.4, -0.2) is 22.0 Å². The molecule has 17 heavy (non-hydrogen) atoms. The highest BCUT2D eigenvalue weighted by Gasteiger charge is 2.05. The van der Waals surface area contributed by atoms with Crippen LogP contribution in [0.25, 0.3) is 0 Å². The lowest BCUT2D eigenvalue weighted by atomic mass is 10.2. The van der Waals surface area contributed by atoms with Crippen LogP contribution in [0.2, 0.25) is 0 Å². The van der Waals surface area contributed by atoms with Crippen LogP contribution in [0.1, 0.15) is 24.8 Å². The van der Waals surface area contributed by atoms with Gasteiger partial charge in [0.2, 0.25) is 5.91 Å². The van der Waals surface area contributed by atoms with Gasteiger partial charge in [-0.05, 0) is 40.9 Å². The van der Waals surface area contributed by atoms with Gasteiger partial charge in [0, 0.05) is 12.8 Å². The number of aryl methyl sites for hydroxylation is 1. The summed E-state index contributed by atoms with van der Waals surface area (Å²) in [7, 11) is 0. The first-order valence-corrected chi connectivity index (χ1v) is 5.92. The van der Waals surface area contributed by atoms with Crippen molar-refractivity contribution in [3.05, 3.63) is 22.4 Å². The molecule has 0 aliphatic heterocycles. The number of rotatable bonds is 5. The van der Waals surface area contributed by atoms with Crippen LogP contribution >= 0.6 is 15.9 Å². The van der Waals surface area contributed by atoms with Crippen LogP contribution in [0.4, 0.5) is 5.69 Å². The maximum atomic E-state index is 11.4. The Morgan fingerprint density at radius 3 is 2.76 bits per heavy atom. The second-order valence-corrected chi connectivity index (χ2v) is 4.38. The topological polar surface area (TPSA) is 79.3 Å². The number of carboxylic acids is 1. The van der Waals surface area contributed by atoms with E-state index in [1.807, 2.05) is 6.92 Å². The molecule has 0 saturated carbocycles. The number of amides is 1. The summed E-state index contributed by atoms with van der Waals surface area (Å²) in [6, 6.07) is 1.80.